The number of hydrogen-bond acceptors (Lipinski definition) is 5. The third kappa shape index (κ3) is 2.87. The molecule has 5 nitrogen and oxygen atoms in total. The van der Waals surface area contributed by atoms with Crippen molar-refractivity contribution >= 4 is 0 Å². The second kappa shape index (κ2) is 5.74. The fourth-order valence-electron chi connectivity index (χ4n) is 3.45. The fourth-order valence-corrected chi connectivity index (χ4v) is 3.45. The van der Waals surface area contributed by atoms with E-state index in [0.29, 0.717) is 12.5 Å². The molecule has 2 aromatic heterocycles. The lowest BCUT2D eigenvalue weighted by Crippen LogP contribution is -2.33. The normalized spacial score (nSPS) is 28.5. The zero-order valence-corrected chi connectivity index (χ0v) is 12.5. The molecule has 0 aromatic carbocycles. The Kier molecular flexibility index (Phi) is 3.60. The van der Waals surface area contributed by atoms with Gasteiger partial charge < -0.3 is 13.9 Å². The van der Waals surface area contributed by atoms with E-state index >= 15 is 0 Å². The van der Waals surface area contributed by atoms with Crippen LogP contribution >= 0.6 is 0 Å². The molecule has 5 heteroatoms. The number of nitrogens with zero attached hydrogens (tertiary/aromatic N) is 2. The molecule has 0 radical (unpaired) electrons. The molecule has 2 atom stereocenters. The van der Waals surface area contributed by atoms with Gasteiger partial charge in [-0.1, -0.05) is 6.07 Å². The van der Waals surface area contributed by atoms with Crippen LogP contribution in [-0.2, 0) is 11.3 Å². The largest absolute Gasteiger partial charge is 0.472 e. The van der Waals surface area contributed by atoms with Gasteiger partial charge in [-0.3, -0.25) is 4.90 Å². The number of aromatic nitrogens is 1. The van der Waals surface area contributed by atoms with Gasteiger partial charge in [-0.2, -0.15) is 0 Å². The van der Waals surface area contributed by atoms with Gasteiger partial charge in [-0.05, 0) is 18.6 Å². The van der Waals surface area contributed by atoms with E-state index in [2.05, 4.69) is 9.88 Å². The molecule has 0 aliphatic carbocycles. The standard InChI is InChI=1S/C17H20N2O3/c1-2-6-18-16(3-1)22-15-9-17(21-12-15)5-7-19(13-17)10-14-4-8-20-11-14/h1-4,6,8,11,15H,5,7,9-10,12-13H2/t15-,17-/m0/s1. The lowest BCUT2D eigenvalue weighted by Gasteiger charge is -2.23. The monoisotopic (exact) mass is 300 g/mol. The maximum absolute atomic E-state index is 6.12. The summed E-state index contributed by atoms with van der Waals surface area (Å²) in [5.41, 5.74) is 1.17. The van der Waals surface area contributed by atoms with E-state index in [9.17, 15) is 0 Å². The maximum Gasteiger partial charge on any atom is 0.213 e. The third-order valence-corrected chi connectivity index (χ3v) is 4.48. The summed E-state index contributed by atoms with van der Waals surface area (Å²) in [6.45, 7) is 3.59. The van der Waals surface area contributed by atoms with Crippen LogP contribution in [-0.4, -0.2) is 41.3 Å². The van der Waals surface area contributed by atoms with Crippen LogP contribution in [0.5, 0.6) is 5.88 Å². The molecule has 1 spiro atoms. The van der Waals surface area contributed by atoms with Gasteiger partial charge in [0.25, 0.3) is 0 Å². The summed E-state index contributed by atoms with van der Waals surface area (Å²) in [5, 5.41) is 0. The van der Waals surface area contributed by atoms with Gasteiger partial charge in [0.05, 0.1) is 24.7 Å². The number of furan rings is 1. The van der Waals surface area contributed by atoms with Gasteiger partial charge in [-0.25, -0.2) is 4.98 Å². The topological polar surface area (TPSA) is 47.7 Å². The van der Waals surface area contributed by atoms with Crippen molar-refractivity contribution in [1.82, 2.24) is 9.88 Å². The Hall–Kier alpha value is -1.85. The van der Waals surface area contributed by atoms with Gasteiger partial charge in [0.1, 0.15) is 6.10 Å². The second-order valence-corrected chi connectivity index (χ2v) is 6.20. The first-order valence-electron chi connectivity index (χ1n) is 7.76. The van der Waals surface area contributed by atoms with Crippen LogP contribution in [0.1, 0.15) is 18.4 Å². The zero-order chi connectivity index (χ0) is 14.8. The Morgan fingerprint density at radius 1 is 1.36 bits per heavy atom. The Labute approximate surface area is 129 Å². The van der Waals surface area contributed by atoms with Crippen LogP contribution in [0, 0.1) is 0 Å². The molecule has 22 heavy (non-hydrogen) atoms. The average molecular weight is 300 g/mol. The average Bonchev–Trinajstić information content (AvgIpc) is 3.25. The molecule has 4 rings (SSSR count). The molecule has 4 heterocycles. The van der Waals surface area contributed by atoms with E-state index < -0.39 is 0 Å². The Bertz CT molecular complexity index is 602. The molecule has 0 amide bonds. The van der Waals surface area contributed by atoms with Gasteiger partial charge >= 0.3 is 0 Å². The summed E-state index contributed by atoms with van der Waals surface area (Å²) in [6.07, 6.45) is 7.39. The number of ether oxygens (including phenoxy) is 2. The van der Waals surface area contributed by atoms with E-state index in [4.69, 9.17) is 13.9 Å². The number of likely N-dealkylation sites (tertiary alicyclic amines) is 1. The molecular formula is C17H20N2O3. The zero-order valence-electron chi connectivity index (χ0n) is 12.5. The molecule has 0 unspecified atom stereocenters. The number of pyridine rings is 1. The summed E-state index contributed by atoms with van der Waals surface area (Å²) in [4.78, 5) is 6.65. The first kappa shape index (κ1) is 13.8. The van der Waals surface area contributed by atoms with Gasteiger partial charge in [0.15, 0.2) is 0 Å². The molecule has 2 aliphatic heterocycles. The van der Waals surface area contributed by atoms with Crippen molar-refractivity contribution in [3.05, 3.63) is 48.6 Å². The molecule has 2 aliphatic rings. The predicted octanol–water partition coefficient (Wildman–Crippen LogP) is 2.49. The molecule has 0 N–H and O–H groups in total. The lowest BCUT2D eigenvalue weighted by molar-refractivity contribution is 0.00922. The molecule has 0 bridgehead atoms. The quantitative estimate of drug-likeness (QED) is 0.868. The summed E-state index contributed by atoms with van der Waals surface area (Å²) >= 11 is 0. The highest BCUT2D eigenvalue weighted by atomic mass is 16.6. The van der Waals surface area contributed by atoms with Crippen molar-refractivity contribution in [2.75, 3.05) is 19.7 Å². The third-order valence-electron chi connectivity index (χ3n) is 4.48. The Morgan fingerprint density at radius 2 is 2.36 bits per heavy atom. The highest BCUT2D eigenvalue weighted by Crippen LogP contribution is 2.36. The molecule has 116 valence electrons. The molecular weight excluding hydrogens is 280 g/mol. The molecule has 2 saturated heterocycles. The van der Waals surface area contributed by atoms with Crippen molar-refractivity contribution in [2.24, 2.45) is 0 Å². The molecule has 2 aromatic rings. The maximum atomic E-state index is 6.12. The van der Waals surface area contributed by atoms with Gasteiger partial charge in [0, 0.05) is 43.9 Å². The van der Waals surface area contributed by atoms with Crippen molar-refractivity contribution < 1.29 is 13.9 Å². The summed E-state index contributed by atoms with van der Waals surface area (Å²) in [5.74, 6) is 0.682. The predicted molar refractivity (Wildman–Crippen MR) is 80.6 cm³/mol. The van der Waals surface area contributed by atoms with Crippen molar-refractivity contribution in [3.63, 3.8) is 0 Å². The summed E-state index contributed by atoms with van der Waals surface area (Å²) < 4.78 is 17.2. The van der Waals surface area contributed by atoms with Crippen LogP contribution in [0.3, 0.4) is 0 Å². The Balaban J connectivity index is 1.34. The molecule has 2 fully saturated rings. The van der Waals surface area contributed by atoms with Crippen molar-refractivity contribution in [3.8, 4) is 5.88 Å². The first-order valence-corrected chi connectivity index (χ1v) is 7.76. The van der Waals surface area contributed by atoms with E-state index in [1.807, 2.05) is 30.5 Å². The highest BCUT2D eigenvalue weighted by molar-refractivity contribution is 5.11. The molecule has 0 saturated carbocycles. The van der Waals surface area contributed by atoms with Crippen LogP contribution in [0.15, 0.2) is 47.4 Å². The van der Waals surface area contributed by atoms with Crippen LogP contribution in [0.25, 0.3) is 0 Å². The van der Waals surface area contributed by atoms with Crippen LogP contribution in [0.2, 0.25) is 0 Å². The minimum absolute atomic E-state index is 0.0524. The van der Waals surface area contributed by atoms with E-state index in [1.54, 1.807) is 12.5 Å². The van der Waals surface area contributed by atoms with E-state index in [1.165, 1.54) is 5.56 Å². The minimum atomic E-state index is -0.0524. The van der Waals surface area contributed by atoms with Crippen LogP contribution in [0.4, 0.5) is 0 Å². The smallest absolute Gasteiger partial charge is 0.213 e. The van der Waals surface area contributed by atoms with Gasteiger partial charge in [-0.15, -0.1) is 0 Å². The Morgan fingerprint density at radius 3 is 3.18 bits per heavy atom. The van der Waals surface area contributed by atoms with Crippen molar-refractivity contribution in [1.29, 1.82) is 0 Å². The summed E-state index contributed by atoms with van der Waals surface area (Å²) in [6, 6.07) is 7.75. The summed E-state index contributed by atoms with van der Waals surface area (Å²) in [7, 11) is 0. The SMILES string of the molecule is c1ccc(O[C@@H]2CO[C@@]3(CCN(Cc4ccoc4)C3)C2)nc1. The number of hydrogen-bond donors (Lipinski definition) is 0. The van der Waals surface area contributed by atoms with E-state index in [0.717, 1.165) is 32.5 Å². The van der Waals surface area contributed by atoms with E-state index in [-0.39, 0.29) is 11.7 Å². The number of rotatable bonds is 4. The second-order valence-electron chi connectivity index (χ2n) is 6.20. The highest BCUT2D eigenvalue weighted by Gasteiger charge is 2.46. The lowest BCUT2D eigenvalue weighted by atomic mass is 9.98. The van der Waals surface area contributed by atoms with Crippen LogP contribution < -0.4 is 4.74 Å². The first-order chi connectivity index (χ1) is 10.8. The van der Waals surface area contributed by atoms with Crippen molar-refractivity contribution in [2.45, 2.75) is 31.1 Å². The minimum Gasteiger partial charge on any atom is -0.472 e. The fraction of sp³-hybridized carbons (Fsp3) is 0.471. The van der Waals surface area contributed by atoms with Gasteiger partial charge in [0.2, 0.25) is 5.88 Å².